The van der Waals surface area contributed by atoms with Crippen molar-refractivity contribution < 1.29 is 99.2 Å². The first-order valence-corrected chi connectivity index (χ1v) is 49.2. The molecule has 34 nitrogen and oxygen atoms in total. The maximum atomic E-state index is 13.0. The highest BCUT2D eigenvalue weighted by Gasteiger charge is 2.29. The van der Waals surface area contributed by atoms with Crippen LogP contribution >= 0.6 is 45.3 Å². The third kappa shape index (κ3) is 45.1. The molecular formula is C100H115N13O21S5. The highest BCUT2D eigenvalue weighted by Crippen LogP contribution is 2.30. The van der Waals surface area contributed by atoms with E-state index in [0.29, 0.717) is 59.1 Å². The fourth-order valence-electron chi connectivity index (χ4n) is 12.3. The summed E-state index contributed by atoms with van der Waals surface area (Å²) in [6.45, 7) is 10.9. The van der Waals surface area contributed by atoms with Crippen molar-refractivity contribution in [2.24, 2.45) is 5.14 Å². The van der Waals surface area contributed by atoms with Crippen molar-refractivity contribution in [3.8, 4) is 45.0 Å². The number of benzene rings is 8. The summed E-state index contributed by atoms with van der Waals surface area (Å²) >= 11 is 5.34. The van der Waals surface area contributed by atoms with Crippen LogP contribution in [-0.4, -0.2) is 147 Å². The Balaban J connectivity index is 0.000000219. The molecule has 0 bridgehead atoms. The van der Waals surface area contributed by atoms with Gasteiger partial charge in [-0.25, -0.2) is 49.0 Å². The number of hydrogen-bond donors (Lipinski definition) is 11. The van der Waals surface area contributed by atoms with E-state index in [9.17, 15) is 61.5 Å². The molecule has 0 saturated heterocycles. The minimum Gasteiger partial charge on any atom is -0.480 e. The number of esters is 2. The number of rotatable bonds is 41. The molecule has 0 spiro atoms. The van der Waals surface area contributed by atoms with E-state index in [4.69, 9.17) is 44.4 Å². The van der Waals surface area contributed by atoms with Crippen molar-refractivity contribution >= 4 is 136 Å². The first-order chi connectivity index (χ1) is 66.7. The summed E-state index contributed by atoms with van der Waals surface area (Å²) in [4.78, 5) is 140. The summed E-state index contributed by atoms with van der Waals surface area (Å²) in [6, 6.07) is 71.8. The number of thiazole rings is 4. The second kappa shape index (κ2) is 59.1. The van der Waals surface area contributed by atoms with Crippen LogP contribution in [0.15, 0.2) is 264 Å². The molecule has 0 saturated carbocycles. The quantitative estimate of drug-likeness (QED) is 0.00963. The van der Waals surface area contributed by atoms with Gasteiger partial charge in [0.2, 0.25) is 17.7 Å². The number of carboxylic acids is 1. The number of aliphatic hydroxyl groups is 1. The van der Waals surface area contributed by atoms with E-state index in [0.717, 1.165) is 67.3 Å². The largest absolute Gasteiger partial charge is 0.480 e. The molecule has 0 aliphatic carbocycles. The number of nitrogens with two attached hydrogens (primary N) is 2. The number of aliphatic hydroxyl groups excluding tert-OH is 1. The van der Waals surface area contributed by atoms with Gasteiger partial charge in [0.05, 0.1) is 29.4 Å². The number of hydrogen-bond acceptors (Lipinski definition) is 29. The average Bonchev–Trinajstić information content (AvgIpc) is 1.71. The number of nitrogens with zero attached hydrogens (tertiary/aromatic N) is 4. The summed E-state index contributed by atoms with van der Waals surface area (Å²) in [6.07, 6.45) is 0.641. The maximum absolute atomic E-state index is 13.0. The number of amides is 7. The van der Waals surface area contributed by atoms with Crippen molar-refractivity contribution in [3.05, 3.63) is 286 Å². The van der Waals surface area contributed by atoms with Crippen LogP contribution < -0.4 is 48.1 Å². The standard InChI is InChI=1S/C27H31N3O5S.C23H26N4O6S2.C23H25N3O4S.C18H25NO6.C9H8N2S/c1-27(2,3)35-23(31)16-10-15-21(29-26(33)34-17-19-11-6-4-7-12-19)24(32)30-25-28-22(18-36-25)20-13-8-5-9-14-20;24-35(30,31)33-14-8-7-13-19(26-23(29)32-15-17-9-3-1-4-10-17)21(28)27-22-25-20(16-34-22)18-11-5-2-6-12-18;27-14-8-7-13-19(25-23(29)30-15-17-9-3-1-4-10-17)21(28)26-22-24-20(16-31-22)18-11-5-2-6-12-18;1-18(2,3)25-15(20)11-7-10-14(16(21)22)19-17(23)24-12-13-8-5-4-6-9-13;10-9-11-8(6-12-9)7-4-2-1-3-5-7/h4-9,11-14,18,21H,10,15-17H2,1-3H3,(H,29,33)(H,28,30,32);1-6,9-12,16,19H,7-8,13-15H2,(H,26,29)(H2,24,30,31)(H,25,27,28);1-6,9-12,16,19,27H,7-8,13-15H2,(H,25,29)(H,24,26,28);4-6,8-9,14H,7,10-12H2,1-3H3,(H,19,23)(H,21,22);1-6H,(H2,10,11)/t21-;2*19-;14-;/m0000./s1. The number of aliphatic carboxylic acids is 1. The second-order valence-corrected chi connectivity index (χ2v) is 37.2. The molecule has 0 radical (unpaired) electrons. The molecule has 0 unspecified atom stereocenters. The zero-order chi connectivity index (χ0) is 100. The molecule has 12 aromatic rings. The van der Waals surface area contributed by atoms with E-state index in [1.807, 2.05) is 252 Å². The Morgan fingerprint density at radius 1 is 0.360 bits per heavy atom. The number of carbonyl (C=O) groups excluding carboxylic acids is 9. The fourth-order valence-corrected chi connectivity index (χ4v) is 15.4. The van der Waals surface area contributed by atoms with Gasteiger partial charge in [-0.05, 0) is 128 Å². The van der Waals surface area contributed by atoms with E-state index in [1.165, 1.54) is 45.3 Å². The second-order valence-electron chi connectivity index (χ2n) is 32.5. The fraction of sp³-hybridized carbons (Fsp3) is 0.300. The number of ether oxygens (including phenoxy) is 6. The molecule has 736 valence electrons. The molecular weight excluding hydrogens is 1880 g/mol. The molecule has 0 aliphatic heterocycles. The van der Waals surface area contributed by atoms with Gasteiger partial charge in [0.15, 0.2) is 20.5 Å². The number of nitrogens with one attached hydrogen (secondary N) is 7. The predicted molar refractivity (Wildman–Crippen MR) is 536 cm³/mol. The van der Waals surface area contributed by atoms with Crippen LogP contribution in [-0.2, 0) is 98.1 Å². The van der Waals surface area contributed by atoms with Gasteiger partial charge < -0.3 is 81.6 Å². The van der Waals surface area contributed by atoms with Gasteiger partial charge in [0, 0.05) is 63.2 Å². The van der Waals surface area contributed by atoms with E-state index < -0.39 is 93.8 Å². The van der Waals surface area contributed by atoms with Gasteiger partial charge in [-0.2, -0.15) is 8.42 Å². The molecule has 7 amide bonds. The molecule has 8 aromatic carbocycles. The number of aromatic nitrogens is 4. The summed E-state index contributed by atoms with van der Waals surface area (Å²) < 4.78 is 57.5. The van der Waals surface area contributed by atoms with E-state index in [-0.39, 0.29) is 90.0 Å². The Kier molecular flexibility index (Phi) is 46.8. The van der Waals surface area contributed by atoms with Gasteiger partial charge >= 0.3 is 52.6 Å². The van der Waals surface area contributed by atoms with Crippen molar-refractivity contribution in [2.75, 3.05) is 34.9 Å². The molecule has 39 heteroatoms. The predicted octanol–water partition coefficient (Wildman–Crippen LogP) is 18.5. The summed E-state index contributed by atoms with van der Waals surface area (Å²) in [7, 11) is -4.03. The van der Waals surface area contributed by atoms with Crippen molar-refractivity contribution in [1.29, 1.82) is 0 Å². The number of carbonyl (C=O) groups is 10. The Morgan fingerprint density at radius 3 is 0.885 bits per heavy atom. The molecule has 0 aliphatic rings. The average molecular weight is 2000 g/mol. The summed E-state index contributed by atoms with van der Waals surface area (Å²) in [5.74, 6) is -3.22. The molecule has 139 heavy (non-hydrogen) atoms. The van der Waals surface area contributed by atoms with E-state index in [2.05, 4.69) is 61.3 Å². The Labute approximate surface area is 823 Å². The van der Waals surface area contributed by atoms with Crippen LogP contribution in [0.25, 0.3) is 45.0 Å². The highest BCUT2D eigenvalue weighted by atomic mass is 32.2. The maximum Gasteiger partial charge on any atom is 0.408 e. The van der Waals surface area contributed by atoms with Crippen LogP contribution in [0.2, 0.25) is 0 Å². The van der Waals surface area contributed by atoms with Crippen LogP contribution in [0.5, 0.6) is 0 Å². The number of nitrogen functional groups attached to an aromatic ring is 1. The van der Waals surface area contributed by atoms with Crippen molar-refractivity contribution in [2.45, 2.75) is 180 Å². The lowest BCUT2D eigenvalue weighted by atomic mass is 10.1. The minimum atomic E-state index is -4.03. The third-order valence-electron chi connectivity index (χ3n) is 18.9. The van der Waals surface area contributed by atoms with Crippen LogP contribution in [0, 0.1) is 0 Å². The van der Waals surface area contributed by atoms with Gasteiger partial charge in [-0.3, -0.25) is 28.2 Å². The van der Waals surface area contributed by atoms with Crippen molar-refractivity contribution in [3.63, 3.8) is 0 Å². The summed E-state index contributed by atoms with van der Waals surface area (Å²) in [5, 5.41) is 50.8. The normalized spacial score (nSPS) is 11.7. The van der Waals surface area contributed by atoms with E-state index >= 15 is 0 Å². The van der Waals surface area contributed by atoms with Crippen LogP contribution in [0.1, 0.15) is 141 Å². The number of alkyl carbamates (subject to hydrolysis) is 4. The lowest BCUT2D eigenvalue weighted by molar-refractivity contribution is -0.156. The zero-order valence-electron chi connectivity index (χ0n) is 77.6. The highest BCUT2D eigenvalue weighted by molar-refractivity contribution is 7.84. The molecule has 4 atom stereocenters. The lowest BCUT2D eigenvalue weighted by Crippen LogP contribution is -2.44. The molecule has 13 N–H and O–H groups in total. The molecule has 4 aromatic heterocycles. The van der Waals surface area contributed by atoms with Crippen LogP contribution in [0.3, 0.4) is 0 Å². The number of carboxylic acid groups (broad SMARTS) is 1. The van der Waals surface area contributed by atoms with Gasteiger partial charge in [-0.1, -0.05) is 243 Å². The molecule has 0 fully saturated rings. The topological polar surface area (TPSA) is 498 Å². The van der Waals surface area contributed by atoms with Crippen molar-refractivity contribution in [1.82, 2.24) is 41.2 Å². The lowest BCUT2D eigenvalue weighted by Gasteiger charge is -2.20. The number of anilines is 4. The Morgan fingerprint density at radius 2 is 0.619 bits per heavy atom. The molecule has 12 rings (SSSR count). The van der Waals surface area contributed by atoms with Gasteiger partial charge in [-0.15, -0.1) is 45.3 Å². The summed E-state index contributed by atoms with van der Waals surface area (Å²) in [5.41, 5.74) is 14.8. The van der Waals surface area contributed by atoms with E-state index in [1.54, 1.807) is 53.7 Å². The Bertz CT molecular complexity index is 5870. The third-order valence-corrected chi connectivity index (χ3v) is 22.3. The van der Waals surface area contributed by atoms with Gasteiger partial charge in [0.25, 0.3) is 0 Å². The Hall–Kier alpha value is -14.2. The number of unbranched alkanes of at least 4 members (excludes halogenated alkanes) is 2. The first kappa shape index (κ1) is 110. The monoisotopic (exact) mass is 1990 g/mol. The smallest absolute Gasteiger partial charge is 0.408 e. The zero-order valence-corrected chi connectivity index (χ0v) is 81.7. The van der Waals surface area contributed by atoms with Gasteiger partial charge in [0.1, 0.15) is 61.8 Å². The van der Waals surface area contributed by atoms with Crippen LogP contribution in [0.4, 0.5) is 39.7 Å². The minimum absolute atomic E-state index is 0.0275. The SMILES string of the molecule is CC(C)(C)OC(=O)CCC[C@H](NC(=O)OCc1ccccc1)C(=O)Nc1nc(-c2ccccc2)cs1.CC(C)(C)OC(=O)CCC[C@H](NC(=O)OCc1ccccc1)C(=O)O.NS(=O)(=O)OCCCC[C@H](NC(=O)OCc1ccccc1)C(=O)Nc1nc(-c2ccccc2)cs1.Nc1nc(-c2ccccc2)cs1.O=C(N[C@@H](CCCCO)C(=O)Nc1nc(-c2ccccc2)cs1)OCc1ccccc1. The molecule has 4 heterocycles. The first-order valence-electron chi connectivity index (χ1n) is 44.2.